The van der Waals surface area contributed by atoms with Crippen LogP contribution < -0.4 is 10.1 Å². The first-order valence-electron chi connectivity index (χ1n) is 8.01. The molecule has 2 aliphatic rings. The van der Waals surface area contributed by atoms with Gasteiger partial charge in [-0.05, 0) is 68.5 Å². The minimum atomic E-state index is 0.0854. The van der Waals surface area contributed by atoms with Crippen LogP contribution >= 0.6 is 11.6 Å². The molecule has 2 saturated heterocycles. The highest BCUT2D eigenvalue weighted by Crippen LogP contribution is 2.27. The number of fused-ring (bicyclic) bond motifs is 1. The summed E-state index contributed by atoms with van der Waals surface area (Å²) in [5, 5.41) is 4.14. The highest BCUT2D eigenvalue weighted by molar-refractivity contribution is 6.30. The van der Waals surface area contributed by atoms with Crippen molar-refractivity contribution in [3.8, 4) is 5.75 Å². The van der Waals surface area contributed by atoms with Crippen LogP contribution in [0.3, 0.4) is 0 Å². The largest absolute Gasteiger partial charge is 0.483 e. The second-order valence-corrected chi connectivity index (χ2v) is 6.77. The predicted octanol–water partition coefficient (Wildman–Crippen LogP) is 2.49. The van der Waals surface area contributed by atoms with Crippen molar-refractivity contribution in [1.29, 1.82) is 0 Å². The lowest BCUT2D eigenvalue weighted by Crippen LogP contribution is -2.36. The fourth-order valence-corrected chi connectivity index (χ4v) is 3.70. The van der Waals surface area contributed by atoms with Gasteiger partial charge in [-0.15, -0.1) is 0 Å². The summed E-state index contributed by atoms with van der Waals surface area (Å²) in [7, 11) is 0. The quantitative estimate of drug-likeness (QED) is 0.929. The van der Waals surface area contributed by atoms with Crippen molar-refractivity contribution in [2.75, 3.05) is 32.8 Å². The van der Waals surface area contributed by atoms with E-state index in [0.29, 0.717) is 5.02 Å². The third-order valence-electron chi connectivity index (χ3n) is 4.86. The van der Waals surface area contributed by atoms with E-state index in [2.05, 4.69) is 5.32 Å². The molecule has 0 saturated carbocycles. The number of nitrogens with zero attached hydrogens (tertiary/aromatic N) is 1. The summed E-state index contributed by atoms with van der Waals surface area (Å²) >= 11 is 5.93. The lowest BCUT2D eigenvalue weighted by molar-refractivity contribution is -0.133. The van der Waals surface area contributed by atoms with Crippen molar-refractivity contribution >= 4 is 17.5 Å². The van der Waals surface area contributed by atoms with Gasteiger partial charge in [0.05, 0.1) is 0 Å². The third-order valence-corrected chi connectivity index (χ3v) is 5.10. The fraction of sp³-hybridized carbons (Fsp3) is 0.588. The average Bonchev–Trinajstić information content (AvgIpc) is 2.85. The molecular weight excluding hydrogens is 300 g/mol. The van der Waals surface area contributed by atoms with Gasteiger partial charge in [-0.1, -0.05) is 11.6 Å². The van der Waals surface area contributed by atoms with E-state index in [4.69, 9.17) is 16.3 Å². The molecule has 120 valence electrons. The Balaban J connectivity index is 1.53. The van der Waals surface area contributed by atoms with Gasteiger partial charge < -0.3 is 15.0 Å². The molecule has 1 N–H and O–H groups in total. The monoisotopic (exact) mass is 322 g/mol. The summed E-state index contributed by atoms with van der Waals surface area (Å²) in [6, 6.07) is 5.46. The van der Waals surface area contributed by atoms with Crippen LogP contribution in [0.25, 0.3) is 0 Å². The van der Waals surface area contributed by atoms with Gasteiger partial charge in [0.25, 0.3) is 5.91 Å². The number of halogens is 1. The standard InChI is InChI=1S/C17H23ClN2O2/c1-12-8-15(18)2-3-16(12)22-11-17(21)20-6-4-13-9-19-10-14(13)5-7-20/h2-3,8,13-14,19H,4-7,9-11H2,1H3/t13-,14+. The van der Waals surface area contributed by atoms with E-state index in [9.17, 15) is 4.79 Å². The maximum absolute atomic E-state index is 12.4. The van der Waals surface area contributed by atoms with Crippen LogP contribution in [0.1, 0.15) is 18.4 Å². The molecule has 22 heavy (non-hydrogen) atoms. The molecular formula is C17H23ClN2O2. The summed E-state index contributed by atoms with van der Waals surface area (Å²) in [6.45, 7) is 5.96. The van der Waals surface area contributed by atoms with E-state index in [1.165, 1.54) is 0 Å². The van der Waals surface area contributed by atoms with Gasteiger partial charge in [0, 0.05) is 18.1 Å². The van der Waals surface area contributed by atoms with Crippen molar-refractivity contribution in [2.45, 2.75) is 19.8 Å². The zero-order valence-corrected chi connectivity index (χ0v) is 13.7. The van der Waals surface area contributed by atoms with Gasteiger partial charge in [0.15, 0.2) is 6.61 Å². The molecule has 2 fully saturated rings. The summed E-state index contributed by atoms with van der Waals surface area (Å²) in [6.07, 6.45) is 2.20. The van der Waals surface area contributed by atoms with Crippen LogP contribution in [0.15, 0.2) is 18.2 Å². The Morgan fingerprint density at radius 3 is 2.64 bits per heavy atom. The van der Waals surface area contributed by atoms with Crippen molar-refractivity contribution in [3.05, 3.63) is 28.8 Å². The number of carbonyl (C=O) groups excluding carboxylic acids is 1. The molecule has 4 nitrogen and oxygen atoms in total. The molecule has 1 amide bonds. The van der Waals surface area contributed by atoms with Crippen molar-refractivity contribution in [2.24, 2.45) is 11.8 Å². The van der Waals surface area contributed by atoms with E-state index in [-0.39, 0.29) is 12.5 Å². The number of hydrogen-bond acceptors (Lipinski definition) is 3. The van der Waals surface area contributed by atoms with Crippen LogP contribution in [0, 0.1) is 18.8 Å². The molecule has 2 aliphatic heterocycles. The smallest absolute Gasteiger partial charge is 0.260 e. The first kappa shape index (κ1) is 15.6. The third kappa shape index (κ3) is 3.55. The van der Waals surface area contributed by atoms with Crippen LogP contribution in [0.2, 0.25) is 5.02 Å². The van der Waals surface area contributed by atoms with Gasteiger partial charge >= 0.3 is 0 Å². The maximum Gasteiger partial charge on any atom is 0.260 e. The zero-order valence-electron chi connectivity index (χ0n) is 13.0. The number of amides is 1. The maximum atomic E-state index is 12.4. The van der Waals surface area contributed by atoms with Crippen LogP contribution in [0.4, 0.5) is 0 Å². The molecule has 0 spiro atoms. The molecule has 5 heteroatoms. The second-order valence-electron chi connectivity index (χ2n) is 6.34. The van der Waals surface area contributed by atoms with E-state index in [1.807, 2.05) is 24.0 Å². The first-order valence-corrected chi connectivity index (χ1v) is 8.38. The Labute approximate surface area is 136 Å². The summed E-state index contributed by atoms with van der Waals surface area (Å²) in [5.41, 5.74) is 0.955. The SMILES string of the molecule is Cc1cc(Cl)ccc1OCC(=O)N1CC[C@@H]2CNC[C@@H]2CC1. The first-order chi connectivity index (χ1) is 10.6. The Bertz CT molecular complexity index is 535. The molecule has 0 aliphatic carbocycles. The number of rotatable bonds is 3. The Hall–Kier alpha value is -1.26. The molecule has 3 rings (SSSR count). The van der Waals surface area contributed by atoms with Gasteiger partial charge in [-0.3, -0.25) is 4.79 Å². The highest BCUT2D eigenvalue weighted by Gasteiger charge is 2.31. The Kier molecular flexibility index (Phi) is 4.89. The Morgan fingerprint density at radius 2 is 2.00 bits per heavy atom. The van der Waals surface area contributed by atoms with Crippen molar-refractivity contribution in [3.63, 3.8) is 0 Å². The van der Waals surface area contributed by atoms with Gasteiger partial charge in [0.1, 0.15) is 5.75 Å². The van der Waals surface area contributed by atoms with Gasteiger partial charge in [-0.2, -0.15) is 0 Å². The predicted molar refractivity (Wildman–Crippen MR) is 87.3 cm³/mol. The highest BCUT2D eigenvalue weighted by atomic mass is 35.5. The van der Waals surface area contributed by atoms with E-state index >= 15 is 0 Å². The molecule has 1 aromatic carbocycles. The zero-order chi connectivity index (χ0) is 15.5. The number of carbonyl (C=O) groups is 1. The minimum absolute atomic E-state index is 0.0854. The topological polar surface area (TPSA) is 41.6 Å². The summed E-state index contributed by atoms with van der Waals surface area (Å²) < 4.78 is 5.68. The summed E-state index contributed by atoms with van der Waals surface area (Å²) in [5.74, 6) is 2.28. The number of aryl methyl sites for hydroxylation is 1. The van der Waals surface area contributed by atoms with E-state index in [0.717, 1.165) is 62.2 Å². The number of hydrogen-bond donors (Lipinski definition) is 1. The van der Waals surface area contributed by atoms with Crippen LogP contribution in [-0.2, 0) is 4.79 Å². The van der Waals surface area contributed by atoms with Gasteiger partial charge in [-0.25, -0.2) is 0 Å². The van der Waals surface area contributed by atoms with Crippen LogP contribution in [-0.4, -0.2) is 43.6 Å². The van der Waals surface area contributed by atoms with Crippen molar-refractivity contribution < 1.29 is 9.53 Å². The molecule has 0 unspecified atom stereocenters. The molecule has 2 heterocycles. The molecule has 0 radical (unpaired) electrons. The number of ether oxygens (including phenoxy) is 1. The number of nitrogens with one attached hydrogen (secondary N) is 1. The normalized spacial score (nSPS) is 24.7. The molecule has 2 atom stereocenters. The lowest BCUT2D eigenvalue weighted by atomic mass is 9.92. The molecule has 1 aromatic rings. The van der Waals surface area contributed by atoms with Gasteiger partial charge in [0.2, 0.25) is 0 Å². The van der Waals surface area contributed by atoms with E-state index < -0.39 is 0 Å². The molecule has 0 bridgehead atoms. The van der Waals surface area contributed by atoms with Crippen molar-refractivity contribution in [1.82, 2.24) is 10.2 Å². The Morgan fingerprint density at radius 1 is 1.32 bits per heavy atom. The average molecular weight is 323 g/mol. The fourth-order valence-electron chi connectivity index (χ4n) is 3.47. The lowest BCUT2D eigenvalue weighted by Gasteiger charge is -2.21. The summed E-state index contributed by atoms with van der Waals surface area (Å²) in [4.78, 5) is 14.3. The minimum Gasteiger partial charge on any atom is -0.483 e. The number of benzene rings is 1. The second kappa shape index (κ2) is 6.88. The number of likely N-dealkylation sites (tertiary alicyclic amines) is 1. The molecule has 0 aromatic heterocycles. The van der Waals surface area contributed by atoms with Crippen LogP contribution in [0.5, 0.6) is 5.75 Å². The van der Waals surface area contributed by atoms with E-state index in [1.54, 1.807) is 6.07 Å².